The Morgan fingerprint density at radius 2 is 1.15 bits per heavy atom. The molecule has 0 unspecified atom stereocenters. The summed E-state index contributed by atoms with van der Waals surface area (Å²) < 4.78 is 51.1. The lowest BCUT2D eigenvalue weighted by Gasteiger charge is -2.13. The van der Waals surface area contributed by atoms with Crippen molar-refractivity contribution in [1.29, 1.82) is 0 Å². The molecule has 0 N–H and O–H groups in total. The van der Waals surface area contributed by atoms with Gasteiger partial charge < -0.3 is 0 Å². The second-order valence-electron chi connectivity index (χ2n) is 6.48. The molecule has 0 aliphatic heterocycles. The lowest BCUT2D eigenvalue weighted by molar-refractivity contribution is 0.509. The molecule has 134 valence electrons. The van der Waals surface area contributed by atoms with Crippen molar-refractivity contribution in [2.45, 2.75) is 18.7 Å². The largest absolute Gasteiger partial charge is 0.224 e. The van der Waals surface area contributed by atoms with Crippen LogP contribution in [-0.4, -0.2) is 14.7 Å². The minimum absolute atomic E-state index is 0.178. The van der Waals surface area contributed by atoms with Crippen molar-refractivity contribution in [2.24, 2.45) is 0 Å². The Bertz CT molecular complexity index is 1070. The van der Waals surface area contributed by atoms with Gasteiger partial charge in [-0.15, -0.1) is 0 Å². The first-order valence-corrected chi connectivity index (χ1v) is 9.92. The van der Waals surface area contributed by atoms with E-state index in [4.69, 9.17) is 0 Å². The second-order valence-corrected chi connectivity index (χ2v) is 8.50. The van der Waals surface area contributed by atoms with Crippen LogP contribution < -0.4 is 0 Å². The molecule has 0 amide bonds. The van der Waals surface area contributed by atoms with Crippen LogP contribution in [0.5, 0.6) is 0 Å². The van der Waals surface area contributed by atoms with Gasteiger partial charge in [0.2, 0.25) is 0 Å². The normalized spacial score (nSPS) is 11.6. The highest BCUT2D eigenvalue weighted by molar-refractivity contribution is 7.90. The molecular formula is C21H18F2O2S. The van der Waals surface area contributed by atoms with Crippen LogP contribution in [0.15, 0.2) is 59.5 Å². The quantitative estimate of drug-likeness (QED) is 0.624. The molecule has 3 aromatic rings. The predicted molar refractivity (Wildman–Crippen MR) is 99.8 cm³/mol. The number of hydrogen-bond acceptors (Lipinski definition) is 2. The van der Waals surface area contributed by atoms with Crippen molar-refractivity contribution in [3.63, 3.8) is 0 Å². The topological polar surface area (TPSA) is 34.1 Å². The number of rotatable bonds is 3. The molecule has 0 fully saturated rings. The lowest BCUT2D eigenvalue weighted by atomic mass is 9.92. The van der Waals surface area contributed by atoms with E-state index in [1.165, 1.54) is 18.2 Å². The Labute approximate surface area is 152 Å². The monoisotopic (exact) mass is 372 g/mol. The second kappa shape index (κ2) is 6.65. The molecule has 0 saturated carbocycles. The average molecular weight is 372 g/mol. The van der Waals surface area contributed by atoms with Crippen molar-refractivity contribution < 1.29 is 17.2 Å². The smallest absolute Gasteiger partial charge is 0.175 e. The highest BCUT2D eigenvalue weighted by Crippen LogP contribution is 2.35. The van der Waals surface area contributed by atoms with Crippen molar-refractivity contribution in [3.8, 4) is 22.3 Å². The van der Waals surface area contributed by atoms with Crippen LogP contribution in [0.2, 0.25) is 0 Å². The summed E-state index contributed by atoms with van der Waals surface area (Å²) in [5, 5.41) is 0. The predicted octanol–water partition coefficient (Wildman–Crippen LogP) is 5.32. The Balaban J connectivity index is 2.22. The third-order valence-electron chi connectivity index (χ3n) is 4.19. The zero-order valence-electron chi connectivity index (χ0n) is 14.7. The van der Waals surface area contributed by atoms with Gasteiger partial charge in [-0.25, -0.2) is 17.2 Å². The maximum atomic E-state index is 13.9. The molecule has 0 bridgehead atoms. The van der Waals surface area contributed by atoms with Gasteiger partial charge in [-0.2, -0.15) is 0 Å². The molecule has 0 spiro atoms. The maximum Gasteiger partial charge on any atom is 0.175 e. The summed E-state index contributed by atoms with van der Waals surface area (Å²) in [6.45, 7) is 3.88. The fraction of sp³-hybridized carbons (Fsp3) is 0.143. The standard InChI is InChI=1S/C21H18F2O2S/c1-13-8-14(2)10-16(9-13)19-12-21(23)20(22)11-18(19)15-4-6-17(7-5-15)26(3,24)25/h4-12H,1-3H3. The van der Waals surface area contributed by atoms with Gasteiger partial charge in [0.1, 0.15) is 0 Å². The molecule has 26 heavy (non-hydrogen) atoms. The average Bonchev–Trinajstić information content (AvgIpc) is 2.55. The van der Waals surface area contributed by atoms with Gasteiger partial charge in [0, 0.05) is 6.26 Å². The van der Waals surface area contributed by atoms with Gasteiger partial charge >= 0.3 is 0 Å². The molecule has 0 aliphatic carbocycles. The zero-order valence-corrected chi connectivity index (χ0v) is 15.5. The van der Waals surface area contributed by atoms with Crippen LogP contribution in [0.3, 0.4) is 0 Å². The summed E-state index contributed by atoms with van der Waals surface area (Å²) in [7, 11) is -3.32. The fourth-order valence-corrected chi connectivity index (χ4v) is 3.67. The van der Waals surface area contributed by atoms with Gasteiger partial charge in [0.05, 0.1) is 4.90 Å². The number of halogens is 2. The first-order valence-electron chi connectivity index (χ1n) is 8.03. The van der Waals surface area contributed by atoms with E-state index in [1.807, 2.05) is 32.0 Å². The molecule has 0 heterocycles. The van der Waals surface area contributed by atoms with Crippen molar-refractivity contribution >= 4 is 9.84 Å². The van der Waals surface area contributed by atoms with Crippen LogP contribution in [0.25, 0.3) is 22.3 Å². The molecule has 0 saturated heterocycles. The number of hydrogen-bond donors (Lipinski definition) is 0. The summed E-state index contributed by atoms with van der Waals surface area (Å²) in [5.74, 6) is -1.86. The van der Waals surface area contributed by atoms with Crippen LogP contribution in [0.4, 0.5) is 8.78 Å². The highest BCUT2D eigenvalue weighted by atomic mass is 32.2. The minimum atomic E-state index is -3.32. The van der Waals surface area contributed by atoms with E-state index in [1.54, 1.807) is 12.1 Å². The Morgan fingerprint density at radius 1 is 0.692 bits per heavy atom. The summed E-state index contributed by atoms with van der Waals surface area (Å²) >= 11 is 0. The lowest BCUT2D eigenvalue weighted by Crippen LogP contribution is -1.97. The van der Waals surface area contributed by atoms with E-state index in [-0.39, 0.29) is 4.90 Å². The molecule has 0 atom stereocenters. The molecular weight excluding hydrogens is 354 g/mol. The summed E-state index contributed by atoms with van der Waals surface area (Å²) in [6, 6.07) is 14.3. The Hall–Kier alpha value is -2.53. The maximum absolute atomic E-state index is 13.9. The van der Waals surface area contributed by atoms with Gasteiger partial charge in [0.15, 0.2) is 21.5 Å². The van der Waals surface area contributed by atoms with E-state index in [0.29, 0.717) is 16.7 Å². The van der Waals surface area contributed by atoms with Gasteiger partial charge in [-0.05, 0) is 60.4 Å². The van der Waals surface area contributed by atoms with Crippen molar-refractivity contribution in [1.82, 2.24) is 0 Å². The van der Waals surface area contributed by atoms with E-state index >= 15 is 0 Å². The van der Waals surface area contributed by atoms with E-state index in [0.717, 1.165) is 29.0 Å². The molecule has 0 aliphatic rings. The molecule has 2 nitrogen and oxygen atoms in total. The third kappa shape index (κ3) is 3.68. The molecule has 5 heteroatoms. The van der Waals surface area contributed by atoms with Crippen LogP contribution in [0, 0.1) is 25.5 Å². The van der Waals surface area contributed by atoms with Crippen LogP contribution >= 0.6 is 0 Å². The van der Waals surface area contributed by atoms with E-state index in [9.17, 15) is 17.2 Å². The van der Waals surface area contributed by atoms with Crippen molar-refractivity contribution in [2.75, 3.05) is 6.26 Å². The molecule has 3 rings (SSSR count). The number of aryl methyl sites for hydroxylation is 2. The number of sulfone groups is 1. The van der Waals surface area contributed by atoms with Gasteiger partial charge in [0.25, 0.3) is 0 Å². The molecule has 0 aromatic heterocycles. The first-order chi connectivity index (χ1) is 12.1. The summed E-state index contributed by atoms with van der Waals surface area (Å²) in [6.07, 6.45) is 1.13. The fourth-order valence-electron chi connectivity index (χ4n) is 3.04. The summed E-state index contributed by atoms with van der Waals surface area (Å²) in [5.41, 5.74) is 4.50. The highest BCUT2D eigenvalue weighted by Gasteiger charge is 2.15. The Morgan fingerprint density at radius 3 is 1.62 bits per heavy atom. The zero-order chi connectivity index (χ0) is 19.1. The molecule has 0 radical (unpaired) electrons. The van der Waals surface area contributed by atoms with Gasteiger partial charge in [-0.3, -0.25) is 0 Å². The molecule has 3 aromatic carbocycles. The van der Waals surface area contributed by atoms with Gasteiger partial charge in [-0.1, -0.05) is 41.5 Å². The van der Waals surface area contributed by atoms with Crippen LogP contribution in [-0.2, 0) is 9.84 Å². The van der Waals surface area contributed by atoms with E-state index < -0.39 is 21.5 Å². The first kappa shape index (κ1) is 18.3. The summed E-state index contributed by atoms with van der Waals surface area (Å²) in [4.78, 5) is 0.178. The van der Waals surface area contributed by atoms with E-state index in [2.05, 4.69) is 0 Å². The minimum Gasteiger partial charge on any atom is -0.224 e. The van der Waals surface area contributed by atoms with Crippen molar-refractivity contribution in [3.05, 3.63) is 77.4 Å². The SMILES string of the molecule is Cc1cc(C)cc(-c2cc(F)c(F)cc2-c2ccc(S(C)(=O)=O)cc2)c1. The Kier molecular flexibility index (Phi) is 4.67. The number of benzene rings is 3. The van der Waals surface area contributed by atoms with Crippen LogP contribution in [0.1, 0.15) is 11.1 Å². The third-order valence-corrected chi connectivity index (χ3v) is 5.32.